The molecule has 1 aromatic heterocycles. The van der Waals surface area contributed by atoms with Gasteiger partial charge in [0.2, 0.25) is 0 Å². The molecular weight excluding hydrogens is 264 g/mol. The molecule has 0 spiro atoms. The van der Waals surface area contributed by atoms with E-state index in [2.05, 4.69) is 22.4 Å². The van der Waals surface area contributed by atoms with Gasteiger partial charge in [-0.3, -0.25) is 0 Å². The molecule has 1 saturated heterocycles. The Balaban J connectivity index is 1.88. The molecule has 1 unspecified atom stereocenters. The zero-order valence-electron chi connectivity index (χ0n) is 12.2. The molecule has 0 saturated carbocycles. The zero-order valence-corrected chi connectivity index (χ0v) is 12.2. The van der Waals surface area contributed by atoms with Crippen LogP contribution in [0.25, 0.3) is 0 Å². The van der Waals surface area contributed by atoms with Gasteiger partial charge in [-0.2, -0.15) is 0 Å². The Hall–Kier alpha value is -2.07. The van der Waals surface area contributed by atoms with Crippen molar-refractivity contribution in [3.63, 3.8) is 0 Å². The summed E-state index contributed by atoms with van der Waals surface area (Å²) in [6, 6.07) is 14.1. The maximum absolute atomic E-state index is 6.23. The molecule has 0 amide bonds. The average Bonchev–Trinajstić information content (AvgIpc) is 3.08. The van der Waals surface area contributed by atoms with E-state index in [-0.39, 0.29) is 6.10 Å². The van der Waals surface area contributed by atoms with Gasteiger partial charge >= 0.3 is 0 Å². The number of hydrogen-bond donors (Lipinski definition) is 1. The Morgan fingerprint density at radius 3 is 2.76 bits per heavy atom. The smallest absolute Gasteiger partial charge is 0.257 e. The van der Waals surface area contributed by atoms with E-state index in [1.807, 2.05) is 30.3 Å². The van der Waals surface area contributed by atoms with Crippen molar-refractivity contribution in [2.24, 2.45) is 5.92 Å². The third kappa shape index (κ3) is 3.16. The number of nitrogens with one attached hydrogen (secondary N) is 1. The van der Waals surface area contributed by atoms with Gasteiger partial charge in [-0.25, -0.2) is 4.98 Å². The number of rotatable bonds is 5. The van der Waals surface area contributed by atoms with Crippen molar-refractivity contribution in [2.75, 3.05) is 20.2 Å². The first-order valence-electron chi connectivity index (χ1n) is 7.30. The highest BCUT2D eigenvalue weighted by molar-refractivity contribution is 5.33. The van der Waals surface area contributed by atoms with Gasteiger partial charge in [0, 0.05) is 18.7 Å². The lowest BCUT2D eigenvalue weighted by atomic mass is 9.95. The number of aromatic nitrogens is 1. The van der Waals surface area contributed by atoms with Crippen LogP contribution in [0.3, 0.4) is 0 Å². The maximum Gasteiger partial charge on any atom is 0.257 e. The fourth-order valence-electron chi connectivity index (χ4n) is 2.75. The van der Waals surface area contributed by atoms with E-state index in [1.54, 1.807) is 13.3 Å². The molecule has 1 fully saturated rings. The lowest BCUT2D eigenvalue weighted by molar-refractivity contribution is 0.132. The molecule has 2 aromatic rings. The number of methoxy groups -OCH3 is 1. The number of ether oxygens (including phenoxy) is 2. The van der Waals surface area contributed by atoms with Crippen molar-refractivity contribution in [1.29, 1.82) is 0 Å². The molecule has 1 aliphatic heterocycles. The average molecular weight is 284 g/mol. The summed E-state index contributed by atoms with van der Waals surface area (Å²) in [6.07, 6.45) is 2.83. The van der Waals surface area contributed by atoms with Crippen LogP contribution in [0.1, 0.15) is 18.1 Å². The fraction of sp³-hybridized carbons (Fsp3) is 0.353. The highest BCUT2D eigenvalue weighted by Gasteiger charge is 2.29. The summed E-state index contributed by atoms with van der Waals surface area (Å²) in [7, 11) is 1.64. The molecule has 4 nitrogen and oxygen atoms in total. The standard InChI is InChI=1S/C17H20N2O2/c1-20-15-8-5-10-19-17(15)21-16(14-9-11-18-12-14)13-6-3-2-4-7-13/h2-8,10,14,16,18H,9,11-12H2,1H3/t14?,16-/m1/s1. The van der Waals surface area contributed by atoms with Crippen LogP contribution in [0.15, 0.2) is 48.7 Å². The molecule has 4 heteroatoms. The van der Waals surface area contributed by atoms with E-state index < -0.39 is 0 Å². The van der Waals surface area contributed by atoms with Gasteiger partial charge in [0.15, 0.2) is 5.75 Å². The molecule has 2 atom stereocenters. The van der Waals surface area contributed by atoms with Crippen LogP contribution >= 0.6 is 0 Å². The predicted molar refractivity (Wildman–Crippen MR) is 81.6 cm³/mol. The van der Waals surface area contributed by atoms with Crippen LogP contribution < -0.4 is 14.8 Å². The second kappa shape index (κ2) is 6.59. The van der Waals surface area contributed by atoms with Crippen LogP contribution in [0.5, 0.6) is 11.6 Å². The first kappa shape index (κ1) is 13.9. The molecule has 0 aliphatic carbocycles. The lowest BCUT2D eigenvalue weighted by Gasteiger charge is -2.25. The number of hydrogen-bond acceptors (Lipinski definition) is 4. The van der Waals surface area contributed by atoms with Crippen LogP contribution in [-0.4, -0.2) is 25.2 Å². The molecule has 110 valence electrons. The highest BCUT2D eigenvalue weighted by Crippen LogP contribution is 2.34. The summed E-state index contributed by atoms with van der Waals surface area (Å²) in [5.74, 6) is 1.67. The Morgan fingerprint density at radius 1 is 1.19 bits per heavy atom. The van der Waals surface area contributed by atoms with E-state index >= 15 is 0 Å². The maximum atomic E-state index is 6.23. The van der Waals surface area contributed by atoms with Gasteiger partial charge in [0.05, 0.1) is 7.11 Å². The van der Waals surface area contributed by atoms with Gasteiger partial charge in [-0.15, -0.1) is 0 Å². The van der Waals surface area contributed by atoms with Crippen LogP contribution in [0.4, 0.5) is 0 Å². The van der Waals surface area contributed by atoms with Crippen LogP contribution in [0, 0.1) is 5.92 Å². The minimum Gasteiger partial charge on any atom is -0.491 e. The van der Waals surface area contributed by atoms with E-state index in [0.29, 0.717) is 17.5 Å². The topological polar surface area (TPSA) is 43.4 Å². The molecule has 3 rings (SSSR count). The molecule has 1 aromatic carbocycles. The second-order valence-electron chi connectivity index (χ2n) is 5.21. The third-order valence-corrected chi connectivity index (χ3v) is 3.85. The Kier molecular flexibility index (Phi) is 4.36. The summed E-state index contributed by atoms with van der Waals surface area (Å²) >= 11 is 0. The molecular formula is C17H20N2O2. The quantitative estimate of drug-likeness (QED) is 0.917. The first-order chi connectivity index (χ1) is 10.4. The van der Waals surface area contributed by atoms with E-state index in [9.17, 15) is 0 Å². The second-order valence-corrected chi connectivity index (χ2v) is 5.21. The van der Waals surface area contributed by atoms with Gasteiger partial charge in [-0.05, 0) is 30.7 Å². The van der Waals surface area contributed by atoms with Crippen molar-refractivity contribution in [3.8, 4) is 11.6 Å². The largest absolute Gasteiger partial charge is 0.491 e. The molecule has 21 heavy (non-hydrogen) atoms. The van der Waals surface area contributed by atoms with Crippen molar-refractivity contribution >= 4 is 0 Å². The Bertz CT molecular complexity index is 568. The normalized spacial score (nSPS) is 19.2. The zero-order chi connectivity index (χ0) is 14.5. The van der Waals surface area contributed by atoms with E-state index in [1.165, 1.54) is 5.56 Å². The number of pyridine rings is 1. The van der Waals surface area contributed by atoms with Gasteiger partial charge < -0.3 is 14.8 Å². The van der Waals surface area contributed by atoms with Gasteiger partial charge in [0.1, 0.15) is 6.10 Å². The third-order valence-electron chi connectivity index (χ3n) is 3.85. The van der Waals surface area contributed by atoms with Crippen molar-refractivity contribution in [2.45, 2.75) is 12.5 Å². The molecule has 0 radical (unpaired) electrons. The van der Waals surface area contributed by atoms with E-state index in [4.69, 9.17) is 9.47 Å². The van der Waals surface area contributed by atoms with Crippen molar-refractivity contribution < 1.29 is 9.47 Å². The van der Waals surface area contributed by atoms with Gasteiger partial charge in [-0.1, -0.05) is 30.3 Å². The number of nitrogens with zero attached hydrogens (tertiary/aromatic N) is 1. The monoisotopic (exact) mass is 284 g/mol. The first-order valence-corrected chi connectivity index (χ1v) is 7.30. The van der Waals surface area contributed by atoms with E-state index in [0.717, 1.165) is 19.5 Å². The lowest BCUT2D eigenvalue weighted by Crippen LogP contribution is -2.22. The summed E-state index contributed by atoms with van der Waals surface area (Å²) in [5, 5.41) is 3.41. The number of benzene rings is 1. The van der Waals surface area contributed by atoms with Crippen LogP contribution in [-0.2, 0) is 0 Å². The highest BCUT2D eigenvalue weighted by atomic mass is 16.5. The van der Waals surface area contributed by atoms with Crippen molar-refractivity contribution in [1.82, 2.24) is 10.3 Å². The summed E-state index contributed by atoms with van der Waals surface area (Å²) in [5.41, 5.74) is 1.18. The summed E-state index contributed by atoms with van der Waals surface area (Å²) in [6.45, 7) is 2.01. The summed E-state index contributed by atoms with van der Waals surface area (Å²) in [4.78, 5) is 4.32. The summed E-state index contributed by atoms with van der Waals surface area (Å²) < 4.78 is 11.6. The molecule has 2 heterocycles. The Morgan fingerprint density at radius 2 is 2.05 bits per heavy atom. The molecule has 0 bridgehead atoms. The van der Waals surface area contributed by atoms with Crippen molar-refractivity contribution in [3.05, 3.63) is 54.2 Å². The molecule has 1 N–H and O–H groups in total. The van der Waals surface area contributed by atoms with Crippen LogP contribution in [0.2, 0.25) is 0 Å². The van der Waals surface area contributed by atoms with Gasteiger partial charge in [0.25, 0.3) is 5.88 Å². The minimum absolute atomic E-state index is 0.00926. The minimum atomic E-state index is -0.00926. The predicted octanol–water partition coefficient (Wildman–Crippen LogP) is 2.82. The Labute approximate surface area is 125 Å². The molecule has 1 aliphatic rings. The fourth-order valence-corrected chi connectivity index (χ4v) is 2.75. The SMILES string of the molecule is COc1cccnc1O[C@H](c1ccccc1)C1CCNC1.